The van der Waals surface area contributed by atoms with Gasteiger partial charge in [0.15, 0.2) is 0 Å². The molecule has 17 heavy (non-hydrogen) atoms. The predicted octanol–water partition coefficient (Wildman–Crippen LogP) is 2.74. The normalized spacial score (nSPS) is 11.8. The second kappa shape index (κ2) is 6.34. The third-order valence-corrected chi connectivity index (χ3v) is 3.06. The van der Waals surface area contributed by atoms with Gasteiger partial charge in [-0.05, 0) is 57.5 Å². The molecular formula is C13H20ClFN2. The van der Waals surface area contributed by atoms with Crippen LogP contribution in [-0.4, -0.2) is 18.6 Å². The molecule has 0 aliphatic carbocycles. The molecule has 1 aromatic carbocycles. The van der Waals surface area contributed by atoms with Crippen LogP contribution in [0, 0.1) is 5.82 Å². The summed E-state index contributed by atoms with van der Waals surface area (Å²) in [5.74, 6) is -0.369. The highest BCUT2D eigenvalue weighted by molar-refractivity contribution is 6.30. The van der Waals surface area contributed by atoms with Crippen molar-refractivity contribution in [2.45, 2.75) is 32.2 Å². The maximum Gasteiger partial charge on any atom is 0.141 e. The Bertz CT molecular complexity index is 366. The number of nitrogens with one attached hydrogen (secondary N) is 1. The molecule has 0 aliphatic heterocycles. The summed E-state index contributed by atoms with van der Waals surface area (Å²) in [6, 6.07) is 4.84. The minimum absolute atomic E-state index is 0.0403. The van der Waals surface area contributed by atoms with E-state index < -0.39 is 0 Å². The zero-order valence-electron chi connectivity index (χ0n) is 10.4. The first kappa shape index (κ1) is 14.4. The highest BCUT2D eigenvalue weighted by Gasteiger charge is 2.14. The monoisotopic (exact) mass is 258 g/mol. The standard InChI is InChI=1S/C13H20ClFN2/c1-13(2,6-7-16)17-8-5-10-3-4-12(15)11(14)9-10/h3-4,9,17H,5-8,16H2,1-2H3. The third-order valence-electron chi connectivity index (χ3n) is 2.77. The van der Waals surface area contributed by atoms with Gasteiger partial charge in [0.05, 0.1) is 5.02 Å². The first-order valence-corrected chi connectivity index (χ1v) is 6.21. The fraction of sp³-hybridized carbons (Fsp3) is 0.538. The van der Waals surface area contributed by atoms with Crippen molar-refractivity contribution in [3.8, 4) is 0 Å². The van der Waals surface area contributed by atoms with Crippen molar-refractivity contribution in [1.82, 2.24) is 5.32 Å². The molecule has 0 fully saturated rings. The van der Waals surface area contributed by atoms with E-state index in [2.05, 4.69) is 19.2 Å². The molecule has 0 heterocycles. The predicted molar refractivity (Wildman–Crippen MR) is 70.9 cm³/mol. The lowest BCUT2D eigenvalue weighted by atomic mass is 10.0. The third kappa shape index (κ3) is 5.02. The van der Waals surface area contributed by atoms with Gasteiger partial charge in [-0.15, -0.1) is 0 Å². The van der Waals surface area contributed by atoms with E-state index in [9.17, 15) is 4.39 Å². The van der Waals surface area contributed by atoms with Crippen molar-refractivity contribution >= 4 is 11.6 Å². The molecule has 1 rings (SSSR count). The molecule has 96 valence electrons. The lowest BCUT2D eigenvalue weighted by molar-refractivity contribution is 0.370. The minimum atomic E-state index is -0.369. The number of benzene rings is 1. The van der Waals surface area contributed by atoms with Gasteiger partial charge in [-0.2, -0.15) is 0 Å². The van der Waals surface area contributed by atoms with Gasteiger partial charge in [-0.3, -0.25) is 0 Å². The highest BCUT2D eigenvalue weighted by Crippen LogP contribution is 2.16. The van der Waals surface area contributed by atoms with Crippen molar-refractivity contribution in [3.63, 3.8) is 0 Å². The zero-order valence-corrected chi connectivity index (χ0v) is 11.1. The highest BCUT2D eigenvalue weighted by atomic mass is 35.5. The number of hydrogen-bond acceptors (Lipinski definition) is 2. The molecule has 0 saturated heterocycles. The maximum atomic E-state index is 12.9. The summed E-state index contributed by atoms with van der Waals surface area (Å²) in [6.45, 7) is 5.74. The molecule has 2 nitrogen and oxygen atoms in total. The second-order valence-corrected chi connectivity index (χ2v) is 5.25. The molecule has 0 atom stereocenters. The van der Waals surface area contributed by atoms with Crippen LogP contribution in [-0.2, 0) is 6.42 Å². The van der Waals surface area contributed by atoms with Crippen LogP contribution in [0.3, 0.4) is 0 Å². The Balaban J connectivity index is 2.43. The number of nitrogens with two attached hydrogens (primary N) is 1. The molecule has 0 spiro atoms. The van der Waals surface area contributed by atoms with E-state index in [1.807, 2.05) is 0 Å². The number of rotatable bonds is 6. The molecule has 3 N–H and O–H groups in total. The summed E-state index contributed by atoms with van der Waals surface area (Å²) in [5, 5.41) is 3.61. The Kier molecular flexibility index (Phi) is 5.37. The second-order valence-electron chi connectivity index (χ2n) is 4.85. The van der Waals surface area contributed by atoms with E-state index in [0.717, 1.165) is 24.9 Å². The van der Waals surface area contributed by atoms with Crippen molar-refractivity contribution in [3.05, 3.63) is 34.6 Å². The van der Waals surface area contributed by atoms with Crippen molar-refractivity contribution in [1.29, 1.82) is 0 Å². The van der Waals surface area contributed by atoms with Crippen LogP contribution in [0.15, 0.2) is 18.2 Å². The largest absolute Gasteiger partial charge is 0.330 e. The summed E-state index contributed by atoms with van der Waals surface area (Å²) >= 11 is 5.72. The lowest BCUT2D eigenvalue weighted by Crippen LogP contribution is -2.42. The van der Waals surface area contributed by atoms with Crippen LogP contribution < -0.4 is 11.1 Å². The van der Waals surface area contributed by atoms with Gasteiger partial charge in [-0.1, -0.05) is 17.7 Å². The Labute approximate surface area is 107 Å². The van der Waals surface area contributed by atoms with Crippen LogP contribution in [0.2, 0.25) is 5.02 Å². The maximum absolute atomic E-state index is 12.9. The Morgan fingerprint density at radius 1 is 1.41 bits per heavy atom. The fourth-order valence-electron chi connectivity index (χ4n) is 1.69. The SMILES string of the molecule is CC(C)(CCN)NCCc1ccc(F)c(Cl)c1. The fourth-order valence-corrected chi connectivity index (χ4v) is 1.89. The lowest BCUT2D eigenvalue weighted by Gasteiger charge is -2.25. The summed E-state index contributed by atoms with van der Waals surface area (Å²) in [7, 11) is 0. The van der Waals surface area contributed by atoms with Crippen LogP contribution in [0.4, 0.5) is 4.39 Å². The quantitative estimate of drug-likeness (QED) is 0.824. The van der Waals surface area contributed by atoms with Crippen molar-refractivity contribution in [2.75, 3.05) is 13.1 Å². The molecular weight excluding hydrogens is 239 g/mol. The molecule has 4 heteroatoms. The summed E-state index contributed by atoms with van der Waals surface area (Å²) in [5.41, 5.74) is 6.61. The van der Waals surface area contributed by atoms with E-state index >= 15 is 0 Å². The molecule has 0 unspecified atom stereocenters. The van der Waals surface area contributed by atoms with Gasteiger partial charge in [0.1, 0.15) is 5.82 Å². The van der Waals surface area contributed by atoms with Crippen LogP contribution in [0.1, 0.15) is 25.8 Å². The van der Waals surface area contributed by atoms with Crippen molar-refractivity contribution in [2.24, 2.45) is 5.73 Å². The van der Waals surface area contributed by atoms with Gasteiger partial charge >= 0.3 is 0 Å². The Hall–Kier alpha value is -0.640. The average Bonchev–Trinajstić information content (AvgIpc) is 2.23. The smallest absolute Gasteiger partial charge is 0.141 e. The number of hydrogen-bond donors (Lipinski definition) is 2. The van der Waals surface area contributed by atoms with E-state index in [4.69, 9.17) is 17.3 Å². The molecule has 0 aromatic heterocycles. The minimum Gasteiger partial charge on any atom is -0.330 e. The molecule has 0 saturated carbocycles. The Morgan fingerprint density at radius 2 is 2.12 bits per heavy atom. The van der Waals surface area contributed by atoms with Crippen LogP contribution in [0.5, 0.6) is 0 Å². The molecule has 0 bridgehead atoms. The summed E-state index contributed by atoms with van der Waals surface area (Å²) < 4.78 is 12.9. The van der Waals surface area contributed by atoms with Gasteiger partial charge in [0, 0.05) is 5.54 Å². The van der Waals surface area contributed by atoms with Gasteiger partial charge in [0.25, 0.3) is 0 Å². The van der Waals surface area contributed by atoms with E-state index in [-0.39, 0.29) is 16.4 Å². The number of halogens is 2. The van der Waals surface area contributed by atoms with Gasteiger partial charge in [0.2, 0.25) is 0 Å². The van der Waals surface area contributed by atoms with E-state index in [1.54, 1.807) is 12.1 Å². The molecule has 0 aliphatic rings. The first-order valence-electron chi connectivity index (χ1n) is 5.83. The topological polar surface area (TPSA) is 38.0 Å². The zero-order chi connectivity index (χ0) is 12.9. The van der Waals surface area contributed by atoms with Crippen molar-refractivity contribution < 1.29 is 4.39 Å². The van der Waals surface area contributed by atoms with Gasteiger partial charge in [-0.25, -0.2) is 4.39 Å². The Morgan fingerprint density at radius 3 is 2.71 bits per heavy atom. The van der Waals surface area contributed by atoms with Crippen LogP contribution in [0.25, 0.3) is 0 Å². The summed E-state index contributed by atoms with van der Waals surface area (Å²) in [4.78, 5) is 0. The molecule has 0 amide bonds. The molecule has 1 aromatic rings. The average molecular weight is 259 g/mol. The van der Waals surface area contributed by atoms with Crippen LogP contribution >= 0.6 is 11.6 Å². The van der Waals surface area contributed by atoms with E-state index in [0.29, 0.717) is 6.54 Å². The summed E-state index contributed by atoms with van der Waals surface area (Å²) in [6.07, 6.45) is 1.76. The molecule has 0 radical (unpaired) electrons. The van der Waals surface area contributed by atoms with E-state index in [1.165, 1.54) is 6.07 Å². The first-order chi connectivity index (χ1) is 7.94. The van der Waals surface area contributed by atoms with Gasteiger partial charge < -0.3 is 11.1 Å².